The van der Waals surface area contributed by atoms with E-state index in [1.54, 1.807) is 24.3 Å². The van der Waals surface area contributed by atoms with E-state index in [1.165, 1.54) is 7.11 Å². The highest BCUT2D eigenvalue weighted by Gasteiger charge is 2.31. The lowest BCUT2D eigenvalue weighted by atomic mass is 10.1. The molecule has 2 N–H and O–H groups in total. The molecule has 1 aromatic carbocycles. The first-order valence-electron chi connectivity index (χ1n) is 6.00. The van der Waals surface area contributed by atoms with Crippen molar-refractivity contribution in [1.82, 2.24) is 5.32 Å². The van der Waals surface area contributed by atoms with Crippen molar-refractivity contribution in [3.63, 3.8) is 0 Å². The molecular weight excluding hydrogens is 312 g/mol. The summed E-state index contributed by atoms with van der Waals surface area (Å²) in [5.74, 6) is -1.19. The number of rotatable bonds is 4. The number of thioether (sulfide) groups is 1. The SMILES string of the molecule is COC(=O)c1ccccc1NC(=O)C[C@@H]1SC(=S)NC1=O. The van der Waals surface area contributed by atoms with Crippen molar-refractivity contribution in [2.75, 3.05) is 12.4 Å². The van der Waals surface area contributed by atoms with Gasteiger partial charge in [-0.15, -0.1) is 0 Å². The molecule has 2 amide bonds. The molecule has 1 saturated heterocycles. The third-order valence-electron chi connectivity index (χ3n) is 2.74. The molecule has 0 aliphatic carbocycles. The summed E-state index contributed by atoms with van der Waals surface area (Å²) < 4.78 is 5.02. The molecule has 0 bridgehead atoms. The number of esters is 1. The first-order valence-corrected chi connectivity index (χ1v) is 7.28. The quantitative estimate of drug-likeness (QED) is 0.642. The summed E-state index contributed by atoms with van der Waals surface area (Å²) >= 11 is 6.01. The number of hydrogen-bond donors (Lipinski definition) is 2. The maximum Gasteiger partial charge on any atom is 0.339 e. The number of carbonyl (C=O) groups excluding carboxylic acids is 3. The average Bonchev–Trinajstić information content (AvgIpc) is 2.76. The smallest absolute Gasteiger partial charge is 0.339 e. The van der Waals surface area contributed by atoms with E-state index in [4.69, 9.17) is 12.2 Å². The maximum absolute atomic E-state index is 12.0. The van der Waals surface area contributed by atoms with Gasteiger partial charge >= 0.3 is 5.97 Å². The van der Waals surface area contributed by atoms with Crippen molar-refractivity contribution in [3.8, 4) is 0 Å². The first-order chi connectivity index (χ1) is 10.0. The molecule has 0 spiro atoms. The lowest BCUT2D eigenvalue weighted by Gasteiger charge is -2.10. The van der Waals surface area contributed by atoms with Gasteiger partial charge in [-0.2, -0.15) is 0 Å². The minimum Gasteiger partial charge on any atom is -0.465 e. The Morgan fingerprint density at radius 3 is 2.76 bits per heavy atom. The third-order valence-corrected chi connectivity index (χ3v) is 4.12. The van der Waals surface area contributed by atoms with Gasteiger partial charge in [-0.25, -0.2) is 4.79 Å². The molecule has 0 unspecified atom stereocenters. The summed E-state index contributed by atoms with van der Waals surface area (Å²) in [6.07, 6.45) is -0.0217. The molecule has 2 rings (SSSR count). The lowest BCUT2D eigenvalue weighted by Crippen LogP contribution is -2.27. The molecular formula is C13H12N2O4S2. The van der Waals surface area contributed by atoms with Crippen LogP contribution < -0.4 is 10.6 Å². The highest BCUT2D eigenvalue weighted by molar-refractivity contribution is 8.24. The van der Waals surface area contributed by atoms with Crippen molar-refractivity contribution in [1.29, 1.82) is 0 Å². The number of hydrogen-bond acceptors (Lipinski definition) is 6. The lowest BCUT2D eigenvalue weighted by molar-refractivity contribution is -0.122. The van der Waals surface area contributed by atoms with Crippen molar-refractivity contribution < 1.29 is 19.1 Å². The molecule has 0 aromatic heterocycles. The first kappa shape index (κ1) is 15.5. The van der Waals surface area contributed by atoms with Crippen LogP contribution >= 0.6 is 24.0 Å². The van der Waals surface area contributed by atoms with E-state index in [1.807, 2.05) is 0 Å². The van der Waals surface area contributed by atoms with E-state index in [0.717, 1.165) is 11.8 Å². The van der Waals surface area contributed by atoms with Gasteiger partial charge in [0.2, 0.25) is 11.8 Å². The Bertz CT molecular complexity index is 618. The van der Waals surface area contributed by atoms with E-state index >= 15 is 0 Å². The summed E-state index contributed by atoms with van der Waals surface area (Å²) in [5.41, 5.74) is 0.604. The minimum absolute atomic E-state index is 0.0217. The Morgan fingerprint density at radius 2 is 2.14 bits per heavy atom. The van der Waals surface area contributed by atoms with Gasteiger partial charge in [-0.1, -0.05) is 36.1 Å². The van der Waals surface area contributed by atoms with Gasteiger partial charge in [0.25, 0.3) is 0 Å². The summed E-state index contributed by atoms with van der Waals surface area (Å²) in [6, 6.07) is 6.50. The number of nitrogens with one attached hydrogen (secondary N) is 2. The van der Waals surface area contributed by atoms with Crippen LogP contribution in [0.4, 0.5) is 5.69 Å². The molecule has 110 valence electrons. The molecule has 8 heteroatoms. The van der Waals surface area contributed by atoms with E-state index in [2.05, 4.69) is 15.4 Å². The second-order valence-corrected chi connectivity index (χ2v) is 6.05. The molecule has 1 aliphatic rings. The summed E-state index contributed by atoms with van der Waals surface area (Å²) in [6.45, 7) is 0. The van der Waals surface area contributed by atoms with Crippen LogP contribution in [0.1, 0.15) is 16.8 Å². The molecule has 1 aliphatic heterocycles. The van der Waals surface area contributed by atoms with Gasteiger partial charge in [0.15, 0.2) is 0 Å². The zero-order valence-corrected chi connectivity index (χ0v) is 12.7. The molecule has 1 fully saturated rings. The van der Waals surface area contributed by atoms with Crippen molar-refractivity contribution >= 4 is 51.8 Å². The van der Waals surface area contributed by atoms with Crippen LogP contribution in [0.15, 0.2) is 24.3 Å². The molecule has 1 heterocycles. The van der Waals surface area contributed by atoms with Gasteiger partial charge in [0.05, 0.1) is 23.6 Å². The summed E-state index contributed by atoms with van der Waals surface area (Å²) in [7, 11) is 1.27. The fraction of sp³-hybridized carbons (Fsp3) is 0.231. The van der Waals surface area contributed by atoms with Crippen molar-refractivity contribution in [2.45, 2.75) is 11.7 Å². The number of ether oxygens (including phenoxy) is 1. The summed E-state index contributed by atoms with van der Waals surface area (Å²) in [5, 5.41) is 4.55. The van der Waals surface area contributed by atoms with Crippen LogP contribution in [0.2, 0.25) is 0 Å². The molecule has 0 radical (unpaired) electrons. The highest BCUT2D eigenvalue weighted by atomic mass is 32.2. The number of carbonyl (C=O) groups is 3. The minimum atomic E-state index is -0.542. The van der Waals surface area contributed by atoms with Crippen molar-refractivity contribution in [3.05, 3.63) is 29.8 Å². The molecule has 1 aromatic rings. The van der Waals surface area contributed by atoms with Crippen LogP contribution in [-0.4, -0.2) is 34.5 Å². The normalized spacial score (nSPS) is 17.3. The number of benzene rings is 1. The predicted octanol–water partition coefficient (Wildman–Crippen LogP) is 1.32. The number of para-hydroxylation sites is 1. The molecule has 21 heavy (non-hydrogen) atoms. The Morgan fingerprint density at radius 1 is 1.43 bits per heavy atom. The van der Waals surface area contributed by atoms with Gasteiger partial charge in [0.1, 0.15) is 4.32 Å². The largest absolute Gasteiger partial charge is 0.465 e. The van der Waals surface area contributed by atoms with Gasteiger partial charge in [-0.3, -0.25) is 9.59 Å². The number of amides is 2. The second-order valence-electron chi connectivity index (χ2n) is 4.17. The number of thiocarbonyl (C=S) groups is 1. The number of anilines is 1. The number of methoxy groups -OCH3 is 1. The average molecular weight is 324 g/mol. The van der Waals surface area contributed by atoms with E-state index < -0.39 is 11.2 Å². The van der Waals surface area contributed by atoms with Gasteiger partial charge in [-0.05, 0) is 12.1 Å². The zero-order chi connectivity index (χ0) is 15.4. The maximum atomic E-state index is 12.0. The third kappa shape index (κ3) is 3.79. The Balaban J connectivity index is 2.05. The van der Waals surface area contributed by atoms with Crippen LogP contribution in [0.25, 0.3) is 0 Å². The molecule has 6 nitrogen and oxygen atoms in total. The fourth-order valence-corrected chi connectivity index (χ4v) is 3.04. The Kier molecular flexibility index (Phi) is 4.92. The zero-order valence-electron chi connectivity index (χ0n) is 11.0. The van der Waals surface area contributed by atoms with Crippen LogP contribution in [0.3, 0.4) is 0 Å². The van der Waals surface area contributed by atoms with Crippen LogP contribution in [0, 0.1) is 0 Å². The monoisotopic (exact) mass is 324 g/mol. The second kappa shape index (κ2) is 6.68. The highest BCUT2D eigenvalue weighted by Crippen LogP contribution is 2.23. The Hall–Kier alpha value is -1.93. The standard InChI is InChI=1S/C13H12N2O4S2/c1-19-12(18)7-4-2-3-5-8(7)14-10(16)6-9-11(17)15-13(20)21-9/h2-5,9H,6H2,1H3,(H,14,16)(H,15,17,20)/t9-/m0/s1. The van der Waals surface area contributed by atoms with Gasteiger partial charge in [0, 0.05) is 6.42 Å². The van der Waals surface area contributed by atoms with Gasteiger partial charge < -0.3 is 15.4 Å². The summed E-state index contributed by atoms with van der Waals surface area (Å²) in [4.78, 5) is 35.1. The predicted molar refractivity (Wildman–Crippen MR) is 83.1 cm³/mol. The molecule has 1 atom stereocenters. The Labute approximate surface area is 130 Å². The molecule has 0 saturated carbocycles. The van der Waals surface area contributed by atoms with Crippen LogP contribution in [0.5, 0.6) is 0 Å². The van der Waals surface area contributed by atoms with E-state index in [9.17, 15) is 14.4 Å². The van der Waals surface area contributed by atoms with Crippen LogP contribution in [-0.2, 0) is 14.3 Å². The fourth-order valence-electron chi connectivity index (χ4n) is 1.78. The van der Waals surface area contributed by atoms with Crippen molar-refractivity contribution in [2.24, 2.45) is 0 Å². The van der Waals surface area contributed by atoms with E-state index in [0.29, 0.717) is 10.0 Å². The topological polar surface area (TPSA) is 84.5 Å². The van der Waals surface area contributed by atoms with E-state index in [-0.39, 0.29) is 23.8 Å².